The molecule has 1 heterocycles. The molecule has 0 saturated heterocycles. The third-order valence-corrected chi connectivity index (χ3v) is 4.48. The molecule has 0 aliphatic heterocycles. The lowest BCUT2D eigenvalue weighted by Gasteiger charge is -2.21. The molecular weight excluding hydrogens is 322 g/mol. The first-order valence-corrected chi connectivity index (χ1v) is 8.11. The molecule has 0 saturated carbocycles. The van der Waals surface area contributed by atoms with E-state index in [4.69, 9.17) is 0 Å². The number of benzene rings is 1. The van der Waals surface area contributed by atoms with E-state index >= 15 is 0 Å². The molecule has 0 fully saturated rings. The van der Waals surface area contributed by atoms with E-state index in [0.29, 0.717) is 17.5 Å². The van der Waals surface area contributed by atoms with Gasteiger partial charge in [0, 0.05) is 31.8 Å². The number of nitro benzene ring substituents is 1. The van der Waals surface area contributed by atoms with Gasteiger partial charge in [0.25, 0.3) is 5.69 Å². The van der Waals surface area contributed by atoms with Gasteiger partial charge in [-0.2, -0.15) is 5.10 Å². The van der Waals surface area contributed by atoms with Crippen LogP contribution in [0.3, 0.4) is 0 Å². The van der Waals surface area contributed by atoms with Crippen LogP contribution in [-0.2, 0) is 7.05 Å². The van der Waals surface area contributed by atoms with Crippen molar-refractivity contribution in [1.82, 2.24) is 9.78 Å². The van der Waals surface area contributed by atoms with Gasteiger partial charge < -0.3 is 5.11 Å². The summed E-state index contributed by atoms with van der Waals surface area (Å²) in [4.78, 5) is 23.4. The highest BCUT2D eigenvalue weighted by atomic mass is 16.6. The van der Waals surface area contributed by atoms with Gasteiger partial charge in [0.15, 0.2) is 5.78 Å². The van der Waals surface area contributed by atoms with Gasteiger partial charge in [-0.25, -0.2) is 0 Å². The second-order valence-electron chi connectivity index (χ2n) is 7.10. The Bertz CT molecular complexity index is 837. The summed E-state index contributed by atoms with van der Waals surface area (Å²) in [5.41, 5.74) is 0.878. The quantitative estimate of drug-likeness (QED) is 0.484. The zero-order valence-corrected chi connectivity index (χ0v) is 15.2. The zero-order valence-electron chi connectivity index (χ0n) is 15.2. The molecule has 0 amide bonds. The van der Waals surface area contributed by atoms with Gasteiger partial charge in [-0.05, 0) is 17.9 Å². The average molecular weight is 345 g/mol. The first-order valence-electron chi connectivity index (χ1n) is 8.11. The highest BCUT2D eigenvalue weighted by molar-refractivity contribution is 6.02. The van der Waals surface area contributed by atoms with Crippen LogP contribution >= 0.6 is 0 Å². The summed E-state index contributed by atoms with van der Waals surface area (Å²) in [5.74, 6) is -0.202. The Kier molecular flexibility index (Phi) is 4.97. The third-order valence-electron chi connectivity index (χ3n) is 4.48. The van der Waals surface area contributed by atoms with Crippen molar-refractivity contribution in [3.05, 3.63) is 39.6 Å². The lowest BCUT2D eigenvalue weighted by molar-refractivity contribution is -0.384. The molecule has 1 N–H and O–H groups in total. The van der Waals surface area contributed by atoms with Crippen LogP contribution in [-0.4, -0.2) is 25.6 Å². The fourth-order valence-electron chi connectivity index (χ4n) is 2.59. The van der Waals surface area contributed by atoms with Crippen LogP contribution in [0.15, 0.2) is 18.3 Å². The van der Waals surface area contributed by atoms with Crippen molar-refractivity contribution >= 4 is 11.5 Å². The van der Waals surface area contributed by atoms with Crippen molar-refractivity contribution in [2.24, 2.45) is 12.5 Å². The number of phenols is 1. The second-order valence-corrected chi connectivity index (χ2v) is 7.10. The van der Waals surface area contributed by atoms with E-state index in [9.17, 15) is 20.0 Å². The van der Waals surface area contributed by atoms with Gasteiger partial charge in [0.1, 0.15) is 11.4 Å². The molecule has 7 heteroatoms. The van der Waals surface area contributed by atoms with E-state index in [1.54, 1.807) is 20.2 Å². The summed E-state index contributed by atoms with van der Waals surface area (Å²) in [6.07, 6.45) is 2.77. The number of nitrogens with zero attached hydrogens (tertiary/aromatic N) is 3. The van der Waals surface area contributed by atoms with E-state index in [1.165, 1.54) is 16.8 Å². The Morgan fingerprint density at radius 2 is 2.04 bits per heavy atom. The van der Waals surface area contributed by atoms with Crippen molar-refractivity contribution in [1.29, 1.82) is 0 Å². The molecule has 2 rings (SSSR count). The largest absolute Gasteiger partial charge is 0.507 e. The summed E-state index contributed by atoms with van der Waals surface area (Å²) in [5, 5.41) is 25.8. The van der Waals surface area contributed by atoms with E-state index in [1.807, 2.05) is 20.8 Å². The second kappa shape index (κ2) is 6.66. The highest BCUT2D eigenvalue weighted by Gasteiger charge is 2.27. The number of hydrogen-bond donors (Lipinski definition) is 1. The van der Waals surface area contributed by atoms with Crippen molar-refractivity contribution < 1.29 is 14.8 Å². The Morgan fingerprint density at radius 3 is 2.60 bits per heavy atom. The predicted molar refractivity (Wildman–Crippen MR) is 94.7 cm³/mol. The third kappa shape index (κ3) is 3.87. The van der Waals surface area contributed by atoms with Gasteiger partial charge in [-0.15, -0.1) is 0 Å². The van der Waals surface area contributed by atoms with Crippen molar-refractivity contribution in [3.63, 3.8) is 0 Å². The number of aryl methyl sites for hydroxylation is 2. The summed E-state index contributed by atoms with van der Waals surface area (Å²) in [7, 11) is 1.67. The molecule has 0 radical (unpaired) electrons. The number of rotatable bonds is 6. The van der Waals surface area contributed by atoms with Gasteiger partial charge in [-0.3, -0.25) is 19.6 Å². The number of nitro groups is 1. The normalized spacial score (nSPS) is 11.6. The Morgan fingerprint density at radius 1 is 1.40 bits per heavy atom. The molecule has 0 atom stereocenters. The van der Waals surface area contributed by atoms with Crippen molar-refractivity contribution in [2.45, 2.75) is 40.5 Å². The van der Waals surface area contributed by atoms with Crippen LogP contribution in [0.4, 0.5) is 5.69 Å². The standard InChI is InChI=1S/C18H23N3O4/c1-6-18(3,4)9-15(22)14-10-20(5)19-16(14)13-8-12(21(24)25)7-11(2)17(13)23/h7-8,10,23H,6,9H2,1-5H3. The number of carbonyl (C=O) groups excluding carboxylic acids is 1. The minimum atomic E-state index is -0.527. The van der Waals surface area contributed by atoms with E-state index in [2.05, 4.69) is 5.10 Å². The molecule has 25 heavy (non-hydrogen) atoms. The molecule has 0 unspecified atom stereocenters. The number of aromatic hydroxyl groups is 1. The number of ketones is 1. The number of hydrogen-bond acceptors (Lipinski definition) is 5. The Balaban J connectivity index is 2.59. The average Bonchev–Trinajstić information content (AvgIpc) is 2.91. The lowest BCUT2D eigenvalue weighted by Crippen LogP contribution is -2.16. The van der Waals surface area contributed by atoms with Crippen LogP contribution < -0.4 is 0 Å². The first kappa shape index (κ1) is 18.6. The van der Waals surface area contributed by atoms with Gasteiger partial charge in [0.05, 0.1) is 16.1 Å². The maximum absolute atomic E-state index is 12.8. The van der Waals surface area contributed by atoms with Crippen molar-refractivity contribution in [2.75, 3.05) is 0 Å². The molecule has 0 aliphatic rings. The molecule has 0 aliphatic carbocycles. The summed E-state index contributed by atoms with van der Waals surface area (Å²) in [6, 6.07) is 2.55. The Hall–Kier alpha value is -2.70. The van der Waals surface area contributed by atoms with Crippen LogP contribution in [0, 0.1) is 22.5 Å². The lowest BCUT2D eigenvalue weighted by atomic mass is 9.83. The molecule has 134 valence electrons. The molecular formula is C18H23N3O4. The van der Waals surface area contributed by atoms with Gasteiger partial charge in [0.2, 0.25) is 0 Å². The number of phenolic OH excluding ortho intramolecular Hbond substituents is 1. The maximum Gasteiger partial charge on any atom is 0.270 e. The zero-order chi connectivity index (χ0) is 18.9. The molecule has 0 bridgehead atoms. The number of carbonyl (C=O) groups is 1. The molecule has 0 spiro atoms. The summed E-state index contributed by atoms with van der Waals surface area (Å²) >= 11 is 0. The predicted octanol–water partition coefficient (Wildman–Crippen LogP) is 4.02. The minimum Gasteiger partial charge on any atom is -0.507 e. The van der Waals surface area contributed by atoms with E-state index in [0.717, 1.165) is 6.42 Å². The molecule has 7 nitrogen and oxygen atoms in total. The van der Waals surface area contributed by atoms with E-state index in [-0.39, 0.29) is 33.9 Å². The molecule has 2 aromatic rings. The van der Waals surface area contributed by atoms with E-state index < -0.39 is 4.92 Å². The van der Waals surface area contributed by atoms with Crippen LogP contribution in [0.2, 0.25) is 0 Å². The van der Waals surface area contributed by atoms with Crippen LogP contribution in [0.1, 0.15) is 49.5 Å². The Labute approximate surface area is 146 Å². The fraction of sp³-hybridized carbons (Fsp3) is 0.444. The molecule has 1 aromatic heterocycles. The van der Waals surface area contributed by atoms with Gasteiger partial charge in [-0.1, -0.05) is 27.2 Å². The SMILES string of the molecule is CCC(C)(C)CC(=O)c1cn(C)nc1-c1cc([N+](=O)[O-])cc(C)c1O. The van der Waals surface area contributed by atoms with Crippen molar-refractivity contribution in [3.8, 4) is 17.0 Å². The topological polar surface area (TPSA) is 98.3 Å². The number of non-ortho nitro benzene ring substituents is 1. The summed E-state index contributed by atoms with van der Waals surface area (Å²) in [6.45, 7) is 7.62. The molecule has 1 aromatic carbocycles. The first-order chi connectivity index (χ1) is 11.6. The highest BCUT2D eigenvalue weighted by Crippen LogP contribution is 2.37. The number of Topliss-reactive ketones (excluding diaryl/α,β-unsaturated/α-hetero) is 1. The maximum atomic E-state index is 12.8. The summed E-state index contributed by atoms with van der Waals surface area (Å²) < 4.78 is 1.48. The van der Waals surface area contributed by atoms with Crippen LogP contribution in [0.25, 0.3) is 11.3 Å². The van der Waals surface area contributed by atoms with Gasteiger partial charge >= 0.3 is 0 Å². The van der Waals surface area contributed by atoms with Crippen LogP contribution in [0.5, 0.6) is 5.75 Å². The number of aromatic nitrogens is 2. The monoisotopic (exact) mass is 345 g/mol. The smallest absolute Gasteiger partial charge is 0.270 e. The fourth-order valence-corrected chi connectivity index (χ4v) is 2.59. The minimum absolute atomic E-state index is 0.0986.